The molecule has 9 N–H and O–H groups in total. The van der Waals surface area contributed by atoms with Gasteiger partial charge < -0.3 is 37.5 Å². The first-order valence-corrected chi connectivity index (χ1v) is 7.78. The maximum absolute atomic E-state index is 11.5. The van der Waals surface area contributed by atoms with Gasteiger partial charge in [-0.05, 0) is 12.8 Å². The first kappa shape index (κ1) is 22.9. The zero-order valence-corrected chi connectivity index (χ0v) is 13.9. The molecule has 0 aromatic heterocycles. The van der Waals surface area contributed by atoms with Crippen molar-refractivity contribution in [1.82, 2.24) is 0 Å². The molecule has 0 saturated carbocycles. The van der Waals surface area contributed by atoms with Gasteiger partial charge in [-0.25, -0.2) is 0 Å². The second-order valence-electron chi connectivity index (χ2n) is 5.49. The van der Waals surface area contributed by atoms with Crippen molar-refractivity contribution >= 4 is 23.9 Å². The Hall–Kier alpha value is -2.08. The molecule has 0 aliphatic rings. The Morgan fingerprint density at radius 2 is 1.52 bits per heavy atom. The maximum Gasteiger partial charge on any atom is 0.323 e. The zero-order valence-electron chi connectivity index (χ0n) is 13.9. The first-order valence-electron chi connectivity index (χ1n) is 7.78. The van der Waals surface area contributed by atoms with Crippen molar-refractivity contribution in [2.24, 2.45) is 22.9 Å². The average molecular weight is 362 g/mol. The van der Waals surface area contributed by atoms with E-state index >= 15 is 0 Å². The van der Waals surface area contributed by atoms with Crippen molar-refractivity contribution < 1.29 is 33.8 Å². The molecule has 0 bridgehead atoms. The zero-order chi connectivity index (χ0) is 19.4. The summed E-state index contributed by atoms with van der Waals surface area (Å²) in [6.45, 7) is -0.113. The minimum absolute atomic E-state index is 0.0181. The van der Waals surface area contributed by atoms with E-state index < -0.39 is 48.5 Å². The molecule has 0 aromatic carbocycles. The Morgan fingerprint density at radius 1 is 0.880 bits per heavy atom. The first-order chi connectivity index (χ1) is 11.6. The summed E-state index contributed by atoms with van der Waals surface area (Å²) in [5.41, 5.74) is 21.3. The molecule has 0 fully saturated rings. The van der Waals surface area contributed by atoms with Crippen LogP contribution in [0.4, 0.5) is 0 Å². The predicted molar refractivity (Wildman–Crippen MR) is 85.5 cm³/mol. The summed E-state index contributed by atoms with van der Waals surface area (Å²) in [4.78, 5) is 44.6. The topological polar surface area (TPSA) is 211 Å². The molecular weight excluding hydrogens is 336 g/mol. The minimum atomic E-state index is -1.41. The van der Waals surface area contributed by atoms with E-state index in [2.05, 4.69) is 4.74 Å². The molecule has 0 aliphatic heterocycles. The molecule has 25 heavy (non-hydrogen) atoms. The van der Waals surface area contributed by atoms with Crippen molar-refractivity contribution in [2.45, 2.75) is 56.8 Å². The lowest BCUT2D eigenvalue weighted by molar-refractivity contribution is -0.161. The fourth-order valence-corrected chi connectivity index (χ4v) is 1.70. The van der Waals surface area contributed by atoms with Crippen LogP contribution in [0.15, 0.2) is 0 Å². The number of carbonyl (C=O) groups excluding carboxylic acids is 3. The number of esters is 3. The summed E-state index contributed by atoms with van der Waals surface area (Å²) in [5, 5.41) is 8.54. The molecule has 144 valence electrons. The standard InChI is InChI=1S/C14H26N4O7/c15-8(14(23)24-7-10(17)18)4-2-1-3-5-11(19)25-12(20)6-9(16)13(21)22/h8-10H,1-7,15-18H2,(H,21,22)/t8?,9-/m0/s1. The van der Waals surface area contributed by atoms with E-state index in [0.29, 0.717) is 25.7 Å². The van der Waals surface area contributed by atoms with Crippen molar-refractivity contribution in [1.29, 1.82) is 0 Å². The van der Waals surface area contributed by atoms with Gasteiger partial charge in [0.15, 0.2) is 0 Å². The lowest BCUT2D eigenvalue weighted by Crippen LogP contribution is -2.40. The number of nitrogens with two attached hydrogens (primary N) is 4. The van der Waals surface area contributed by atoms with Crippen molar-refractivity contribution in [3.8, 4) is 0 Å². The number of carbonyl (C=O) groups is 4. The fraction of sp³-hybridized carbons (Fsp3) is 0.714. The van der Waals surface area contributed by atoms with Gasteiger partial charge in [0.1, 0.15) is 18.7 Å². The normalized spacial score (nSPS) is 13.2. The van der Waals surface area contributed by atoms with E-state index in [1.54, 1.807) is 0 Å². The maximum atomic E-state index is 11.5. The van der Waals surface area contributed by atoms with Gasteiger partial charge in [-0.15, -0.1) is 0 Å². The molecule has 0 heterocycles. The molecular formula is C14H26N4O7. The van der Waals surface area contributed by atoms with Crippen molar-refractivity contribution in [2.75, 3.05) is 6.61 Å². The highest BCUT2D eigenvalue weighted by Gasteiger charge is 2.19. The molecule has 0 aromatic rings. The molecule has 0 saturated heterocycles. The molecule has 11 heteroatoms. The number of hydrogen-bond donors (Lipinski definition) is 5. The summed E-state index contributed by atoms with van der Waals surface area (Å²) < 4.78 is 9.22. The predicted octanol–water partition coefficient (Wildman–Crippen LogP) is -2.08. The summed E-state index contributed by atoms with van der Waals surface area (Å²) in [6, 6.07) is -2.21. The quantitative estimate of drug-likeness (QED) is 0.110. The molecule has 0 spiro atoms. The number of rotatable bonds is 12. The molecule has 0 rings (SSSR count). The van der Waals surface area contributed by atoms with E-state index in [-0.39, 0.29) is 13.0 Å². The van der Waals surface area contributed by atoms with Crippen LogP contribution in [0.2, 0.25) is 0 Å². The van der Waals surface area contributed by atoms with Gasteiger partial charge in [-0.2, -0.15) is 0 Å². The molecule has 2 atom stereocenters. The van der Waals surface area contributed by atoms with Crippen molar-refractivity contribution in [3.63, 3.8) is 0 Å². The van der Waals surface area contributed by atoms with Gasteiger partial charge in [0.2, 0.25) is 0 Å². The number of carboxylic acids is 1. The summed E-state index contributed by atoms with van der Waals surface area (Å²) >= 11 is 0. The van der Waals surface area contributed by atoms with Crippen LogP contribution in [-0.4, -0.2) is 53.8 Å². The molecule has 0 aliphatic carbocycles. The van der Waals surface area contributed by atoms with Crippen LogP contribution in [0, 0.1) is 0 Å². The lowest BCUT2D eigenvalue weighted by atomic mass is 10.1. The van der Waals surface area contributed by atoms with E-state index in [9.17, 15) is 19.2 Å². The Kier molecular flexibility index (Phi) is 11.3. The van der Waals surface area contributed by atoms with Crippen LogP contribution in [-0.2, 0) is 28.7 Å². The average Bonchev–Trinajstić information content (AvgIpc) is 2.51. The Bertz CT molecular complexity index is 470. The van der Waals surface area contributed by atoms with Crippen molar-refractivity contribution in [3.05, 3.63) is 0 Å². The number of hydrogen-bond acceptors (Lipinski definition) is 10. The van der Waals surface area contributed by atoms with Gasteiger partial charge >= 0.3 is 23.9 Å². The van der Waals surface area contributed by atoms with Gasteiger partial charge in [-0.1, -0.05) is 12.8 Å². The molecule has 11 nitrogen and oxygen atoms in total. The lowest BCUT2D eigenvalue weighted by Gasteiger charge is -2.12. The summed E-state index contributed by atoms with van der Waals surface area (Å²) in [6.07, 6.45) is 0.577. The van der Waals surface area contributed by atoms with Crippen LogP contribution in [0.1, 0.15) is 38.5 Å². The van der Waals surface area contributed by atoms with Gasteiger partial charge in [-0.3, -0.25) is 19.2 Å². The highest BCUT2D eigenvalue weighted by atomic mass is 16.6. The van der Waals surface area contributed by atoms with E-state index in [1.807, 2.05) is 0 Å². The third kappa shape index (κ3) is 12.0. The largest absolute Gasteiger partial charge is 0.480 e. The van der Waals surface area contributed by atoms with E-state index in [0.717, 1.165) is 0 Å². The summed E-state index contributed by atoms with van der Waals surface area (Å²) in [5.74, 6) is -3.70. The number of aliphatic carboxylic acids is 1. The van der Waals surface area contributed by atoms with Gasteiger partial charge in [0.05, 0.1) is 12.6 Å². The fourth-order valence-electron chi connectivity index (χ4n) is 1.70. The van der Waals surface area contributed by atoms with E-state index in [4.69, 9.17) is 32.8 Å². The van der Waals surface area contributed by atoms with Gasteiger partial charge in [0.25, 0.3) is 0 Å². The number of carboxylic acid groups (broad SMARTS) is 1. The second kappa shape index (κ2) is 12.3. The highest BCUT2D eigenvalue weighted by Crippen LogP contribution is 2.07. The summed E-state index contributed by atoms with van der Waals surface area (Å²) in [7, 11) is 0. The molecule has 0 amide bonds. The monoisotopic (exact) mass is 362 g/mol. The van der Waals surface area contributed by atoms with Crippen LogP contribution in [0.25, 0.3) is 0 Å². The van der Waals surface area contributed by atoms with E-state index in [1.165, 1.54) is 0 Å². The number of ether oxygens (including phenoxy) is 2. The highest BCUT2D eigenvalue weighted by molar-refractivity contribution is 5.88. The third-order valence-corrected chi connectivity index (χ3v) is 3.05. The van der Waals surface area contributed by atoms with Gasteiger partial charge in [0, 0.05) is 6.42 Å². The minimum Gasteiger partial charge on any atom is -0.480 e. The molecule has 1 unspecified atom stereocenters. The Morgan fingerprint density at radius 3 is 2.08 bits per heavy atom. The second-order valence-corrected chi connectivity index (χ2v) is 5.49. The number of unbranched alkanes of at least 4 members (excludes halogenated alkanes) is 2. The van der Waals surface area contributed by atoms with Crippen LogP contribution in [0.3, 0.4) is 0 Å². The van der Waals surface area contributed by atoms with Crippen LogP contribution >= 0.6 is 0 Å². The SMILES string of the molecule is NC(N)COC(=O)C(N)CCCCCC(=O)OC(=O)C[C@H](N)C(=O)O. The van der Waals surface area contributed by atoms with Crippen LogP contribution in [0.5, 0.6) is 0 Å². The van der Waals surface area contributed by atoms with Crippen LogP contribution < -0.4 is 22.9 Å². The molecule has 0 radical (unpaired) electrons. The smallest absolute Gasteiger partial charge is 0.323 e. The Balaban J connectivity index is 3.80. The third-order valence-electron chi connectivity index (χ3n) is 3.05. The Labute approximate surface area is 145 Å².